The van der Waals surface area contributed by atoms with Crippen LogP contribution in [0.2, 0.25) is 0 Å². The maximum Gasteiger partial charge on any atom is 0.248 e. The Balaban J connectivity index is 1.71. The molecule has 3 aromatic rings. The van der Waals surface area contributed by atoms with Crippen LogP contribution in [0.15, 0.2) is 78.5 Å². The molecule has 2 aromatic carbocycles. The molecular formula is C24H23NO4S. The topological polar surface area (TPSA) is 65.4 Å². The highest BCUT2D eigenvalue weighted by atomic mass is 32.2. The molecular weight excluding hydrogens is 398 g/mol. The van der Waals surface area contributed by atoms with Crippen molar-refractivity contribution in [3.63, 3.8) is 0 Å². The van der Waals surface area contributed by atoms with Crippen molar-refractivity contribution in [2.24, 2.45) is 0 Å². The molecule has 1 unspecified atom stereocenters. The van der Waals surface area contributed by atoms with E-state index in [1.165, 1.54) is 10.2 Å². The van der Waals surface area contributed by atoms with Crippen molar-refractivity contribution < 1.29 is 17.9 Å². The molecule has 0 saturated carbocycles. The van der Waals surface area contributed by atoms with Crippen LogP contribution >= 0.6 is 0 Å². The van der Waals surface area contributed by atoms with Gasteiger partial charge in [0.2, 0.25) is 10.0 Å². The number of para-hydroxylation sites is 1. The summed E-state index contributed by atoms with van der Waals surface area (Å²) in [6, 6.07) is 14.6. The zero-order valence-corrected chi connectivity index (χ0v) is 17.7. The van der Waals surface area contributed by atoms with E-state index in [2.05, 4.69) is 0 Å². The molecule has 1 heterocycles. The SMILES string of the molecule is Cc1ccc(C=O)c2ccn(S(=O)(=O)C3(C)C=C(COc4ccccc4)C=CC3)c12. The number of carbonyl (C=O) groups is 1. The lowest BCUT2D eigenvalue weighted by Gasteiger charge is -2.29. The average Bonchev–Trinajstić information content (AvgIpc) is 3.20. The molecule has 0 saturated heterocycles. The molecule has 0 aliphatic heterocycles. The van der Waals surface area contributed by atoms with E-state index in [0.29, 0.717) is 22.9 Å². The fourth-order valence-corrected chi connectivity index (χ4v) is 5.60. The van der Waals surface area contributed by atoms with Gasteiger partial charge in [0.15, 0.2) is 6.29 Å². The lowest BCUT2D eigenvalue weighted by atomic mass is 9.97. The third-order valence-electron chi connectivity index (χ3n) is 5.52. The van der Waals surface area contributed by atoms with E-state index < -0.39 is 14.8 Å². The van der Waals surface area contributed by atoms with Gasteiger partial charge in [-0.15, -0.1) is 0 Å². The number of aldehydes is 1. The Labute approximate surface area is 176 Å². The number of allylic oxidation sites excluding steroid dienone is 1. The number of ether oxygens (including phenoxy) is 1. The van der Waals surface area contributed by atoms with Gasteiger partial charge in [-0.2, -0.15) is 0 Å². The van der Waals surface area contributed by atoms with Crippen LogP contribution in [0.1, 0.15) is 29.3 Å². The number of aromatic nitrogens is 1. The second-order valence-corrected chi connectivity index (χ2v) is 9.98. The monoisotopic (exact) mass is 421 g/mol. The summed E-state index contributed by atoms with van der Waals surface area (Å²) in [5, 5.41) is 0.639. The molecule has 1 aromatic heterocycles. The number of fused-ring (bicyclic) bond motifs is 1. The highest BCUT2D eigenvalue weighted by Gasteiger charge is 2.40. The van der Waals surface area contributed by atoms with Gasteiger partial charge in [-0.1, -0.05) is 48.6 Å². The van der Waals surface area contributed by atoms with E-state index in [0.717, 1.165) is 23.2 Å². The lowest BCUT2D eigenvalue weighted by molar-refractivity contribution is 0.112. The van der Waals surface area contributed by atoms with Crippen molar-refractivity contribution in [1.29, 1.82) is 0 Å². The number of aryl methyl sites for hydroxylation is 1. The smallest absolute Gasteiger partial charge is 0.248 e. The van der Waals surface area contributed by atoms with E-state index in [-0.39, 0.29) is 6.61 Å². The number of hydrogen-bond acceptors (Lipinski definition) is 4. The Morgan fingerprint density at radius 1 is 1.13 bits per heavy atom. The van der Waals surface area contributed by atoms with Gasteiger partial charge in [0, 0.05) is 17.1 Å². The predicted molar refractivity (Wildman–Crippen MR) is 119 cm³/mol. The second kappa shape index (κ2) is 7.61. The Morgan fingerprint density at radius 2 is 1.90 bits per heavy atom. The van der Waals surface area contributed by atoms with Crippen LogP contribution in [0.3, 0.4) is 0 Å². The third-order valence-corrected chi connectivity index (χ3v) is 7.80. The molecule has 0 spiro atoms. The number of carbonyl (C=O) groups excluding carboxylic acids is 1. The van der Waals surface area contributed by atoms with Crippen molar-refractivity contribution in [1.82, 2.24) is 3.97 Å². The first-order chi connectivity index (χ1) is 14.4. The summed E-state index contributed by atoms with van der Waals surface area (Å²) < 4.78 is 33.4. The third kappa shape index (κ3) is 3.37. The molecule has 154 valence electrons. The van der Waals surface area contributed by atoms with Gasteiger partial charge in [-0.3, -0.25) is 4.79 Å². The Hall–Kier alpha value is -3.12. The first-order valence-corrected chi connectivity index (χ1v) is 11.2. The van der Waals surface area contributed by atoms with E-state index in [1.54, 1.807) is 31.2 Å². The van der Waals surface area contributed by atoms with Crippen LogP contribution in [0.4, 0.5) is 0 Å². The molecule has 0 bridgehead atoms. The number of benzene rings is 2. The first kappa shape index (κ1) is 20.2. The minimum atomic E-state index is -3.79. The predicted octanol–water partition coefficient (Wildman–Crippen LogP) is 4.66. The van der Waals surface area contributed by atoms with Crippen LogP contribution in [0, 0.1) is 6.92 Å². The first-order valence-electron chi connectivity index (χ1n) is 9.73. The van der Waals surface area contributed by atoms with Gasteiger partial charge in [0.25, 0.3) is 0 Å². The highest BCUT2D eigenvalue weighted by Crippen LogP contribution is 2.34. The standard InChI is InChI=1S/C24H23NO4S/c1-18-10-11-20(16-26)22-12-14-25(23(18)22)30(27,28)24(2)13-6-7-19(15-24)17-29-21-8-4-3-5-9-21/h3-12,14-16H,13,17H2,1-2H3. The molecule has 0 N–H and O–H groups in total. The molecule has 30 heavy (non-hydrogen) atoms. The second-order valence-electron chi connectivity index (χ2n) is 7.71. The lowest BCUT2D eigenvalue weighted by Crippen LogP contribution is -2.38. The minimum Gasteiger partial charge on any atom is -0.489 e. The fraction of sp³-hybridized carbons (Fsp3) is 0.208. The van der Waals surface area contributed by atoms with Gasteiger partial charge < -0.3 is 4.74 Å². The van der Waals surface area contributed by atoms with E-state index in [4.69, 9.17) is 4.74 Å². The zero-order chi connectivity index (χ0) is 21.4. The van der Waals surface area contributed by atoms with E-state index in [1.807, 2.05) is 49.4 Å². The fourth-order valence-electron chi connectivity index (χ4n) is 3.84. The van der Waals surface area contributed by atoms with Crippen molar-refractivity contribution in [3.05, 3.63) is 89.7 Å². The van der Waals surface area contributed by atoms with Gasteiger partial charge in [0.1, 0.15) is 17.1 Å². The summed E-state index contributed by atoms with van der Waals surface area (Å²) in [5.41, 5.74) is 2.63. The molecule has 0 radical (unpaired) electrons. The molecule has 1 aliphatic rings. The minimum absolute atomic E-state index is 0.284. The van der Waals surface area contributed by atoms with Crippen LogP contribution < -0.4 is 4.74 Å². The average molecular weight is 422 g/mol. The number of hydrogen-bond donors (Lipinski definition) is 0. The number of rotatable bonds is 6. The van der Waals surface area contributed by atoms with Crippen LogP contribution in [0.5, 0.6) is 5.75 Å². The van der Waals surface area contributed by atoms with Crippen LogP contribution in [0.25, 0.3) is 10.9 Å². The normalized spacial score (nSPS) is 18.9. The Morgan fingerprint density at radius 3 is 2.63 bits per heavy atom. The largest absolute Gasteiger partial charge is 0.489 e. The molecule has 1 aliphatic carbocycles. The van der Waals surface area contributed by atoms with Gasteiger partial charge in [0.05, 0.1) is 5.52 Å². The van der Waals surface area contributed by atoms with Crippen molar-refractivity contribution in [2.75, 3.05) is 6.61 Å². The molecule has 4 rings (SSSR count). The summed E-state index contributed by atoms with van der Waals surface area (Å²) in [5.74, 6) is 0.732. The van der Waals surface area contributed by atoms with Crippen molar-refractivity contribution in [3.8, 4) is 5.75 Å². The summed E-state index contributed by atoms with van der Waals surface area (Å²) in [6.07, 6.45) is 8.20. The van der Waals surface area contributed by atoms with Gasteiger partial charge in [-0.25, -0.2) is 12.4 Å². The molecule has 6 heteroatoms. The number of nitrogens with zero attached hydrogens (tertiary/aromatic N) is 1. The summed E-state index contributed by atoms with van der Waals surface area (Å²) in [7, 11) is -3.79. The highest BCUT2D eigenvalue weighted by molar-refractivity contribution is 7.91. The van der Waals surface area contributed by atoms with Crippen molar-refractivity contribution >= 4 is 27.2 Å². The zero-order valence-electron chi connectivity index (χ0n) is 16.9. The van der Waals surface area contributed by atoms with E-state index in [9.17, 15) is 13.2 Å². The quantitative estimate of drug-likeness (QED) is 0.543. The molecule has 1 atom stereocenters. The van der Waals surface area contributed by atoms with Gasteiger partial charge >= 0.3 is 0 Å². The summed E-state index contributed by atoms with van der Waals surface area (Å²) in [4.78, 5) is 11.4. The van der Waals surface area contributed by atoms with Crippen LogP contribution in [-0.2, 0) is 10.0 Å². The molecule has 5 nitrogen and oxygen atoms in total. The van der Waals surface area contributed by atoms with Crippen molar-refractivity contribution in [2.45, 2.75) is 25.0 Å². The molecule has 0 fully saturated rings. The maximum atomic E-state index is 13.7. The maximum absolute atomic E-state index is 13.7. The Kier molecular flexibility index (Phi) is 5.12. The van der Waals surface area contributed by atoms with Gasteiger partial charge in [-0.05, 0) is 49.6 Å². The van der Waals surface area contributed by atoms with E-state index >= 15 is 0 Å². The molecule has 0 amide bonds. The summed E-state index contributed by atoms with van der Waals surface area (Å²) >= 11 is 0. The summed E-state index contributed by atoms with van der Waals surface area (Å²) in [6.45, 7) is 3.85. The van der Waals surface area contributed by atoms with Crippen LogP contribution in [-0.4, -0.2) is 30.0 Å². The Bertz CT molecular complexity index is 1270.